The minimum Gasteiger partial charge on any atom is -0.332 e. The summed E-state index contributed by atoms with van der Waals surface area (Å²) in [7, 11) is 0. The molecular weight excluding hydrogens is 442 g/mol. The second-order valence-corrected chi connectivity index (χ2v) is 9.70. The largest absolute Gasteiger partial charge is 0.332 e. The number of benzene rings is 1. The van der Waals surface area contributed by atoms with Crippen molar-refractivity contribution in [2.24, 2.45) is 4.99 Å². The normalized spacial score (nSPS) is 17.2. The van der Waals surface area contributed by atoms with Crippen molar-refractivity contribution in [3.05, 3.63) is 62.5 Å². The van der Waals surface area contributed by atoms with Crippen LogP contribution in [0.2, 0.25) is 5.02 Å². The Morgan fingerprint density at radius 1 is 1.12 bits per heavy atom. The number of rotatable bonds is 1. The number of thiophene rings is 1. The first-order valence-electron chi connectivity index (χ1n) is 10.6. The number of carbonyl (C=O) groups is 1. The summed E-state index contributed by atoms with van der Waals surface area (Å²) in [4.78, 5) is 20.7. The zero-order chi connectivity index (χ0) is 22.4. The van der Waals surface area contributed by atoms with Crippen LogP contribution >= 0.6 is 22.9 Å². The van der Waals surface area contributed by atoms with Gasteiger partial charge in [-0.3, -0.25) is 14.4 Å². The number of hydrogen-bond donors (Lipinski definition) is 0. The van der Waals surface area contributed by atoms with Crippen LogP contribution in [-0.4, -0.2) is 44.4 Å². The molecule has 1 unspecified atom stereocenters. The molecule has 1 amide bonds. The lowest BCUT2D eigenvalue weighted by Gasteiger charge is -2.10. The highest BCUT2D eigenvalue weighted by molar-refractivity contribution is 7.15. The molecule has 3 aromatic rings. The Bertz CT molecular complexity index is 1300. The van der Waals surface area contributed by atoms with E-state index in [4.69, 9.17) is 16.6 Å². The molecule has 1 atom stereocenters. The van der Waals surface area contributed by atoms with Crippen molar-refractivity contribution < 1.29 is 4.79 Å². The van der Waals surface area contributed by atoms with Crippen molar-refractivity contribution in [1.82, 2.24) is 19.7 Å². The minimum absolute atomic E-state index is 0.153. The number of amides is 1. The Morgan fingerprint density at radius 3 is 2.56 bits per heavy atom. The topological polar surface area (TPSA) is 63.4 Å². The van der Waals surface area contributed by atoms with Crippen LogP contribution in [0.4, 0.5) is 0 Å². The maximum Gasteiger partial charge on any atom is 0.298 e. The third kappa shape index (κ3) is 3.54. The Labute approximate surface area is 195 Å². The highest BCUT2D eigenvalue weighted by Gasteiger charge is 2.30. The van der Waals surface area contributed by atoms with Gasteiger partial charge in [-0.1, -0.05) is 29.7 Å². The zero-order valence-corrected chi connectivity index (χ0v) is 19.7. The molecule has 5 rings (SSSR count). The first-order valence-corrected chi connectivity index (χ1v) is 11.8. The van der Waals surface area contributed by atoms with E-state index in [2.05, 4.69) is 35.9 Å². The van der Waals surface area contributed by atoms with Gasteiger partial charge in [0.05, 0.1) is 5.71 Å². The maximum atomic E-state index is 12.6. The lowest BCUT2D eigenvalue weighted by molar-refractivity contribution is -0.124. The van der Waals surface area contributed by atoms with Crippen molar-refractivity contribution in [3.8, 4) is 16.8 Å². The quantitative estimate of drug-likeness (QED) is 0.501. The molecular formula is C24H22ClN5OS. The summed E-state index contributed by atoms with van der Waals surface area (Å²) in [5.74, 6) is 7.19. The molecule has 1 aromatic carbocycles. The highest BCUT2D eigenvalue weighted by atomic mass is 35.5. The molecule has 2 aromatic heterocycles. The number of fused-ring (bicyclic) bond motifs is 3. The van der Waals surface area contributed by atoms with Crippen LogP contribution in [0.5, 0.6) is 0 Å². The fourth-order valence-electron chi connectivity index (χ4n) is 4.16. The van der Waals surface area contributed by atoms with Gasteiger partial charge in [0, 0.05) is 34.1 Å². The number of hydrogen-bond acceptors (Lipinski definition) is 5. The molecule has 8 heteroatoms. The van der Waals surface area contributed by atoms with Crippen LogP contribution in [-0.2, 0) is 4.79 Å². The van der Waals surface area contributed by atoms with Crippen molar-refractivity contribution in [3.63, 3.8) is 0 Å². The van der Waals surface area contributed by atoms with E-state index in [1.54, 1.807) is 16.2 Å². The van der Waals surface area contributed by atoms with Crippen LogP contribution in [0.15, 0.2) is 29.3 Å². The average molecular weight is 464 g/mol. The molecule has 162 valence electrons. The van der Waals surface area contributed by atoms with Crippen molar-refractivity contribution in [2.75, 3.05) is 13.1 Å². The predicted molar refractivity (Wildman–Crippen MR) is 127 cm³/mol. The smallest absolute Gasteiger partial charge is 0.298 e. The number of likely N-dealkylation sites (tertiary alicyclic amines) is 1. The Hall–Kier alpha value is -2.95. The van der Waals surface area contributed by atoms with E-state index in [1.165, 1.54) is 10.4 Å². The molecule has 1 fully saturated rings. The highest BCUT2D eigenvalue weighted by Crippen LogP contribution is 2.38. The van der Waals surface area contributed by atoms with Gasteiger partial charge in [-0.25, -0.2) is 0 Å². The van der Waals surface area contributed by atoms with E-state index in [0.29, 0.717) is 10.8 Å². The fraction of sp³-hybridized carbons (Fsp3) is 0.333. The van der Waals surface area contributed by atoms with E-state index in [0.717, 1.165) is 53.6 Å². The monoisotopic (exact) mass is 463 g/mol. The van der Waals surface area contributed by atoms with Crippen LogP contribution in [0, 0.1) is 32.6 Å². The second-order valence-electron chi connectivity index (χ2n) is 8.06. The standard InChI is InChI=1S/C24H22ClN5OS/c1-14-15(2)32-24-21(14)22(17-6-8-18(25)9-7-17)26-19(23-28-27-16(3)30(23)24)10-11-20(31)29-12-4-5-13-29/h6-9,19H,4-5,12-13H2,1-3H3. The van der Waals surface area contributed by atoms with Gasteiger partial charge in [0.1, 0.15) is 10.8 Å². The minimum atomic E-state index is -0.604. The van der Waals surface area contributed by atoms with Gasteiger partial charge in [0.15, 0.2) is 11.9 Å². The molecule has 1 saturated heterocycles. The average Bonchev–Trinajstić information content (AvgIpc) is 3.48. The number of aromatic nitrogens is 3. The Kier molecular flexibility index (Phi) is 5.36. The summed E-state index contributed by atoms with van der Waals surface area (Å²) < 4.78 is 2.03. The lowest BCUT2D eigenvalue weighted by atomic mass is 10.00. The van der Waals surface area contributed by atoms with Gasteiger partial charge < -0.3 is 4.90 Å². The molecule has 0 saturated carbocycles. The van der Waals surface area contributed by atoms with Gasteiger partial charge >= 0.3 is 0 Å². The van der Waals surface area contributed by atoms with Gasteiger partial charge in [0.25, 0.3) is 5.91 Å². The van der Waals surface area contributed by atoms with Crippen LogP contribution in [0.25, 0.3) is 5.00 Å². The third-order valence-corrected chi connectivity index (χ3v) is 7.43. The summed E-state index contributed by atoms with van der Waals surface area (Å²) in [6, 6.07) is 7.06. The van der Waals surface area contributed by atoms with Gasteiger partial charge in [-0.15, -0.1) is 21.5 Å². The van der Waals surface area contributed by atoms with E-state index >= 15 is 0 Å². The first-order chi connectivity index (χ1) is 15.4. The second kappa shape index (κ2) is 8.19. The van der Waals surface area contributed by atoms with Gasteiger partial charge in [-0.05, 0) is 57.2 Å². The number of carbonyl (C=O) groups excluding carboxylic acids is 1. The molecule has 6 nitrogen and oxygen atoms in total. The molecule has 0 spiro atoms. The first kappa shape index (κ1) is 20.9. The summed E-state index contributed by atoms with van der Waals surface area (Å²) in [5.41, 5.74) is 4.00. The van der Waals surface area contributed by atoms with Crippen LogP contribution in [0.3, 0.4) is 0 Å². The molecule has 4 heterocycles. The summed E-state index contributed by atoms with van der Waals surface area (Å²) in [6.07, 6.45) is 2.06. The number of aryl methyl sites for hydroxylation is 2. The fourth-order valence-corrected chi connectivity index (χ4v) is 5.50. The predicted octanol–water partition coefficient (Wildman–Crippen LogP) is 4.43. The molecule has 2 aliphatic heterocycles. The number of nitrogens with zero attached hydrogens (tertiary/aromatic N) is 5. The third-order valence-electron chi connectivity index (χ3n) is 5.99. The zero-order valence-electron chi connectivity index (χ0n) is 18.1. The van der Waals surface area contributed by atoms with Gasteiger partial charge in [0.2, 0.25) is 0 Å². The van der Waals surface area contributed by atoms with Crippen LogP contribution < -0.4 is 0 Å². The molecule has 0 radical (unpaired) electrons. The molecule has 2 aliphatic rings. The maximum absolute atomic E-state index is 12.6. The summed E-state index contributed by atoms with van der Waals surface area (Å²) in [6.45, 7) is 7.68. The lowest BCUT2D eigenvalue weighted by Crippen LogP contribution is -2.26. The van der Waals surface area contributed by atoms with Crippen molar-refractivity contribution in [2.45, 2.75) is 39.7 Å². The molecule has 0 aliphatic carbocycles. The van der Waals surface area contributed by atoms with Gasteiger partial charge in [-0.2, -0.15) is 0 Å². The number of halogens is 1. The molecule has 0 N–H and O–H groups in total. The number of aliphatic imine (C=N–C) groups is 1. The van der Waals surface area contributed by atoms with Crippen molar-refractivity contribution in [1.29, 1.82) is 0 Å². The Morgan fingerprint density at radius 2 is 1.84 bits per heavy atom. The Balaban J connectivity index is 1.70. The summed E-state index contributed by atoms with van der Waals surface area (Å²) >= 11 is 7.84. The van der Waals surface area contributed by atoms with Crippen molar-refractivity contribution >= 4 is 34.6 Å². The van der Waals surface area contributed by atoms with E-state index in [9.17, 15) is 4.79 Å². The molecule has 0 bridgehead atoms. The molecule has 32 heavy (non-hydrogen) atoms. The SMILES string of the molecule is Cc1sc2c(c1C)C(c1ccc(Cl)cc1)=NC(C#CC(=O)N1CCCC1)c1nnc(C)n1-2. The van der Waals surface area contributed by atoms with E-state index in [1.807, 2.05) is 35.8 Å². The van der Waals surface area contributed by atoms with E-state index < -0.39 is 6.04 Å². The summed E-state index contributed by atoms with van der Waals surface area (Å²) in [5, 5.41) is 10.4. The van der Waals surface area contributed by atoms with Crippen LogP contribution in [0.1, 0.15) is 52.1 Å². The van der Waals surface area contributed by atoms with E-state index in [-0.39, 0.29) is 5.91 Å².